The minimum absolute atomic E-state index is 0.316. The van der Waals surface area contributed by atoms with E-state index >= 15 is 0 Å². The summed E-state index contributed by atoms with van der Waals surface area (Å²) < 4.78 is 13.0. The summed E-state index contributed by atoms with van der Waals surface area (Å²) >= 11 is 0. The van der Waals surface area contributed by atoms with E-state index in [1.165, 1.54) is 12.1 Å². The van der Waals surface area contributed by atoms with Gasteiger partial charge in [-0.3, -0.25) is 4.90 Å². The maximum atomic E-state index is 13.0. The first-order valence-corrected chi connectivity index (χ1v) is 6.16. The molecule has 0 aliphatic heterocycles. The predicted octanol–water partition coefficient (Wildman–Crippen LogP) is 2.78. The van der Waals surface area contributed by atoms with Gasteiger partial charge in [0.2, 0.25) is 0 Å². The van der Waals surface area contributed by atoms with Gasteiger partial charge in [-0.25, -0.2) is 4.39 Å². The first kappa shape index (κ1) is 14.5. The molecule has 0 amide bonds. The quantitative estimate of drug-likeness (QED) is 0.789. The zero-order chi connectivity index (χ0) is 13.5. The second kappa shape index (κ2) is 6.97. The van der Waals surface area contributed by atoms with Crippen LogP contribution in [0.15, 0.2) is 18.2 Å². The van der Waals surface area contributed by atoms with Gasteiger partial charge >= 0.3 is 0 Å². The van der Waals surface area contributed by atoms with Gasteiger partial charge in [0.25, 0.3) is 0 Å². The number of rotatable bonds is 6. The molecule has 0 radical (unpaired) electrons. The van der Waals surface area contributed by atoms with E-state index in [1.807, 2.05) is 0 Å². The molecule has 0 spiro atoms. The van der Waals surface area contributed by atoms with Gasteiger partial charge in [0, 0.05) is 31.7 Å². The number of nitrogens with two attached hydrogens (primary N) is 1. The van der Waals surface area contributed by atoms with E-state index in [0.29, 0.717) is 31.1 Å². The highest BCUT2D eigenvalue weighted by Crippen LogP contribution is 2.16. The Hall–Kier alpha value is -1.60. The van der Waals surface area contributed by atoms with E-state index in [4.69, 9.17) is 11.0 Å². The van der Waals surface area contributed by atoms with Gasteiger partial charge in [0.1, 0.15) is 5.82 Å². The zero-order valence-corrected chi connectivity index (χ0v) is 11.0. The second-order valence-electron chi connectivity index (χ2n) is 4.88. The second-order valence-corrected chi connectivity index (χ2v) is 4.88. The predicted molar refractivity (Wildman–Crippen MR) is 71.2 cm³/mol. The van der Waals surface area contributed by atoms with Crippen LogP contribution in [0.2, 0.25) is 0 Å². The van der Waals surface area contributed by atoms with Crippen LogP contribution in [0.4, 0.5) is 10.1 Å². The van der Waals surface area contributed by atoms with Crippen LogP contribution in [0, 0.1) is 23.1 Å². The topological polar surface area (TPSA) is 53.0 Å². The van der Waals surface area contributed by atoms with Gasteiger partial charge < -0.3 is 5.73 Å². The molecular formula is C14H20FN3. The fourth-order valence-corrected chi connectivity index (χ4v) is 1.91. The minimum atomic E-state index is -0.316. The summed E-state index contributed by atoms with van der Waals surface area (Å²) in [5.41, 5.74) is 7.18. The lowest BCUT2D eigenvalue weighted by Crippen LogP contribution is -2.28. The monoisotopic (exact) mass is 249 g/mol. The van der Waals surface area contributed by atoms with Crippen molar-refractivity contribution < 1.29 is 4.39 Å². The average molecular weight is 249 g/mol. The Morgan fingerprint density at radius 2 is 2.17 bits per heavy atom. The normalized spacial score (nSPS) is 10.9. The van der Waals surface area contributed by atoms with Gasteiger partial charge in [-0.2, -0.15) is 5.26 Å². The third-order valence-electron chi connectivity index (χ3n) is 2.67. The van der Waals surface area contributed by atoms with E-state index in [1.54, 1.807) is 6.07 Å². The molecule has 0 aromatic heterocycles. The summed E-state index contributed by atoms with van der Waals surface area (Å²) in [7, 11) is 0. The van der Waals surface area contributed by atoms with Crippen molar-refractivity contribution in [3.63, 3.8) is 0 Å². The van der Waals surface area contributed by atoms with Crippen molar-refractivity contribution >= 4 is 5.69 Å². The Balaban J connectivity index is 2.72. The molecule has 2 N–H and O–H groups in total. The summed E-state index contributed by atoms with van der Waals surface area (Å²) in [6.45, 7) is 6.54. The molecule has 0 heterocycles. The van der Waals surface area contributed by atoms with Crippen LogP contribution in [0.1, 0.15) is 25.8 Å². The van der Waals surface area contributed by atoms with Crippen LogP contribution in [-0.4, -0.2) is 18.0 Å². The van der Waals surface area contributed by atoms with Crippen LogP contribution in [0.5, 0.6) is 0 Å². The Morgan fingerprint density at radius 3 is 2.72 bits per heavy atom. The Morgan fingerprint density at radius 1 is 1.44 bits per heavy atom. The smallest absolute Gasteiger partial charge is 0.125 e. The highest BCUT2D eigenvalue weighted by molar-refractivity contribution is 5.46. The summed E-state index contributed by atoms with van der Waals surface area (Å²) in [5, 5.41) is 8.66. The maximum Gasteiger partial charge on any atom is 0.125 e. The third-order valence-corrected chi connectivity index (χ3v) is 2.67. The number of nitriles is 1. The van der Waals surface area contributed by atoms with E-state index in [2.05, 4.69) is 24.8 Å². The first-order valence-electron chi connectivity index (χ1n) is 6.16. The number of nitrogen functional groups attached to an aromatic ring is 1. The van der Waals surface area contributed by atoms with Crippen molar-refractivity contribution in [2.75, 3.05) is 18.8 Å². The van der Waals surface area contributed by atoms with Crippen molar-refractivity contribution in [3.8, 4) is 6.07 Å². The van der Waals surface area contributed by atoms with Crippen molar-refractivity contribution in [1.29, 1.82) is 5.26 Å². The van der Waals surface area contributed by atoms with Gasteiger partial charge in [0.05, 0.1) is 6.07 Å². The molecule has 0 aliphatic rings. The molecule has 3 nitrogen and oxygen atoms in total. The number of nitrogens with zero attached hydrogens (tertiary/aromatic N) is 2. The molecule has 0 fully saturated rings. The molecule has 0 saturated heterocycles. The molecule has 0 atom stereocenters. The lowest BCUT2D eigenvalue weighted by atomic mass is 10.1. The standard InChI is InChI=1S/C14H20FN3/c1-11(2)9-18(7-3-6-16)10-12-4-5-13(15)8-14(12)17/h4-5,8,11H,3,7,9-10,17H2,1-2H3. The van der Waals surface area contributed by atoms with E-state index < -0.39 is 0 Å². The summed E-state index contributed by atoms with van der Waals surface area (Å²) in [5.74, 6) is 0.203. The van der Waals surface area contributed by atoms with Crippen LogP contribution >= 0.6 is 0 Å². The molecular weight excluding hydrogens is 229 g/mol. The largest absolute Gasteiger partial charge is 0.398 e. The van der Waals surface area contributed by atoms with Crippen LogP contribution in [0.3, 0.4) is 0 Å². The van der Waals surface area contributed by atoms with Crippen molar-refractivity contribution in [2.45, 2.75) is 26.8 Å². The highest BCUT2D eigenvalue weighted by atomic mass is 19.1. The van der Waals surface area contributed by atoms with Gasteiger partial charge in [-0.1, -0.05) is 19.9 Å². The third kappa shape index (κ3) is 4.72. The zero-order valence-electron chi connectivity index (χ0n) is 11.0. The number of halogens is 1. The van der Waals surface area contributed by atoms with Gasteiger partial charge in [-0.15, -0.1) is 0 Å². The number of hydrogen-bond donors (Lipinski definition) is 1. The fraction of sp³-hybridized carbons (Fsp3) is 0.500. The number of hydrogen-bond acceptors (Lipinski definition) is 3. The molecule has 98 valence electrons. The molecule has 0 unspecified atom stereocenters. The number of anilines is 1. The van der Waals surface area contributed by atoms with E-state index in [0.717, 1.165) is 12.1 Å². The minimum Gasteiger partial charge on any atom is -0.398 e. The lowest BCUT2D eigenvalue weighted by Gasteiger charge is -2.23. The Labute approximate surface area is 108 Å². The molecule has 1 aromatic carbocycles. The molecule has 4 heteroatoms. The Kier molecular flexibility index (Phi) is 5.60. The van der Waals surface area contributed by atoms with Gasteiger partial charge in [0.15, 0.2) is 0 Å². The van der Waals surface area contributed by atoms with Crippen molar-refractivity contribution in [1.82, 2.24) is 4.90 Å². The summed E-state index contributed by atoms with van der Waals surface area (Å²) in [6, 6.07) is 6.62. The maximum absolute atomic E-state index is 13.0. The van der Waals surface area contributed by atoms with Gasteiger partial charge in [-0.05, 0) is 23.6 Å². The van der Waals surface area contributed by atoms with Crippen molar-refractivity contribution in [3.05, 3.63) is 29.6 Å². The molecule has 18 heavy (non-hydrogen) atoms. The Bertz CT molecular complexity index is 424. The number of benzene rings is 1. The fourth-order valence-electron chi connectivity index (χ4n) is 1.91. The van der Waals surface area contributed by atoms with E-state index in [-0.39, 0.29) is 5.82 Å². The molecule has 0 aliphatic carbocycles. The van der Waals surface area contributed by atoms with Crippen LogP contribution < -0.4 is 5.73 Å². The SMILES string of the molecule is CC(C)CN(CCC#N)Cc1ccc(F)cc1N. The summed E-state index contributed by atoms with van der Waals surface area (Å²) in [4.78, 5) is 2.18. The first-order chi connectivity index (χ1) is 8.52. The van der Waals surface area contributed by atoms with Crippen LogP contribution in [0.25, 0.3) is 0 Å². The van der Waals surface area contributed by atoms with E-state index in [9.17, 15) is 4.39 Å². The molecule has 0 saturated carbocycles. The molecule has 1 aromatic rings. The highest BCUT2D eigenvalue weighted by Gasteiger charge is 2.10. The molecule has 0 bridgehead atoms. The van der Waals surface area contributed by atoms with Crippen LogP contribution in [-0.2, 0) is 6.54 Å². The molecule has 1 rings (SSSR count). The van der Waals surface area contributed by atoms with Crippen molar-refractivity contribution in [2.24, 2.45) is 5.92 Å². The lowest BCUT2D eigenvalue weighted by molar-refractivity contribution is 0.241. The summed E-state index contributed by atoms with van der Waals surface area (Å²) in [6.07, 6.45) is 0.494. The average Bonchev–Trinajstić information content (AvgIpc) is 2.29.